The lowest BCUT2D eigenvalue weighted by Crippen LogP contribution is -2.17. The fraction of sp³-hybridized carbons (Fsp3) is 0.615. The summed E-state index contributed by atoms with van der Waals surface area (Å²) < 4.78 is 0. The Bertz CT molecular complexity index is 323. The molecular weight excluding hydrogens is 216 g/mol. The Kier molecular flexibility index (Phi) is 4.67. The van der Waals surface area contributed by atoms with Gasteiger partial charge >= 0.3 is 0 Å². The van der Waals surface area contributed by atoms with Crippen molar-refractivity contribution in [3.8, 4) is 0 Å². The summed E-state index contributed by atoms with van der Waals surface area (Å²) in [4.78, 5) is 4.28. The van der Waals surface area contributed by atoms with Crippen LogP contribution in [0.5, 0.6) is 0 Å². The van der Waals surface area contributed by atoms with Crippen LogP contribution in [0.1, 0.15) is 24.1 Å². The Morgan fingerprint density at radius 1 is 1.50 bits per heavy atom. The molecule has 0 bridgehead atoms. The van der Waals surface area contributed by atoms with Crippen LogP contribution in [-0.4, -0.2) is 23.0 Å². The Morgan fingerprint density at radius 2 is 2.38 bits per heavy atom. The molecule has 0 amide bonds. The van der Waals surface area contributed by atoms with E-state index < -0.39 is 0 Å². The van der Waals surface area contributed by atoms with Gasteiger partial charge in [-0.1, -0.05) is 6.07 Å². The van der Waals surface area contributed by atoms with E-state index in [1.54, 1.807) is 0 Å². The summed E-state index contributed by atoms with van der Waals surface area (Å²) in [6.07, 6.45) is 4.79. The van der Waals surface area contributed by atoms with Gasteiger partial charge in [-0.15, -0.1) is 0 Å². The van der Waals surface area contributed by atoms with E-state index in [1.807, 2.05) is 12.3 Å². The van der Waals surface area contributed by atoms with Crippen LogP contribution in [0.2, 0.25) is 0 Å². The molecule has 1 aromatic rings. The molecule has 1 fully saturated rings. The third-order valence-electron chi connectivity index (χ3n) is 2.91. The molecule has 1 aromatic heterocycles. The van der Waals surface area contributed by atoms with Gasteiger partial charge in [0.15, 0.2) is 0 Å². The zero-order valence-electron chi connectivity index (χ0n) is 9.91. The Balaban J connectivity index is 1.55. The highest BCUT2D eigenvalue weighted by atomic mass is 32.2. The topological polar surface area (TPSA) is 24.9 Å². The van der Waals surface area contributed by atoms with E-state index in [1.165, 1.54) is 29.9 Å². The number of nitrogens with zero attached hydrogens (tertiary/aromatic N) is 1. The van der Waals surface area contributed by atoms with Crippen LogP contribution in [0.15, 0.2) is 18.3 Å². The van der Waals surface area contributed by atoms with E-state index >= 15 is 0 Å². The van der Waals surface area contributed by atoms with Crippen LogP contribution in [0, 0.1) is 12.8 Å². The van der Waals surface area contributed by atoms with Crippen LogP contribution in [-0.2, 0) is 6.54 Å². The maximum absolute atomic E-state index is 4.28. The normalized spacial score (nSPS) is 15.3. The first kappa shape index (κ1) is 11.9. The predicted octanol–water partition coefficient (Wildman–Crippen LogP) is 2.62. The second kappa shape index (κ2) is 6.26. The molecule has 16 heavy (non-hydrogen) atoms. The first-order valence-corrected chi connectivity index (χ1v) is 7.20. The summed E-state index contributed by atoms with van der Waals surface area (Å²) in [6, 6.07) is 4.15. The first-order chi connectivity index (χ1) is 7.86. The molecule has 1 saturated carbocycles. The maximum atomic E-state index is 4.28. The highest BCUT2D eigenvalue weighted by Crippen LogP contribution is 2.32. The van der Waals surface area contributed by atoms with Gasteiger partial charge in [0.1, 0.15) is 0 Å². The molecule has 3 heteroatoms. The molecule has 0 unspecified atom stereocenters. The van der Waals surface area contributed by atoms with Crippen molar-refractivity contribution in [1.29, 1.82) is 0 Å². The van der Waals surface area contributed by atoms with Crippen LogP contribution >= 0.6 is 11.8 Å². The Labute approximate surface area is 102 Å². The number of rotatable bonds is 7. The van der Waals surface area contributed by atoms with Crippen molar-refractivity contribution in [2.75, 3.05) is 18.1 Å². The lowest BCUT2D eigenvalue weighted by molar-refractivity contribution is 0.724. The van der Waals surface area contributed by atoms with Crippen molar-refractivity contribution in [3.05, 3.63) is 29.6 Å². The van der Waals surface area contributed by atoms with Gasteiger partial charge in [0, 0.05) is 30.7 Å². The van der Waals surface area contributed by atoms with E-state index in [-0.39, 0.29) is 0 Å². The monoisotopic (exact) mass is 236 g/mol. The zero-order valence-corrected chi connectivity index (χ0v) is 10.7. The van der Waals surface area contributed by atoms with Gasteiger partial charge in [-0.25, -0.2) is 0 Å². The molecule has 1 aliphatic carbocycles. The standard InChI is InChI=1S/C13H20N2S/c1-11-13(3-2-6-15-11)9-14-7-8-16-10-12-4-5-12/h2-3,6,12,14H,4-5,7-10H2,1H3. The molecule has 0 saturated heterocycles. The molecular formula is C13H20N2S. The van der Waals surface area contributed by atoms with Crippen LogP contribution in [0.25, 0.3) is 0 Å². The predicted molar refractivity (Wildman–Crippen MR) is 70.7 cm³/mol. The van der Waals surface area contributed by atoms with Crippen LogP contribution in [0.4, 0.5) is 0 Å². The number of nitrogens with one attached hydrogen (secondary N) is 1. The van der Waals surface area contributed by atoms with Crippen molar-refractivity contribution in [3.63, 3.8) is 0 Å². The fourth-order valence-corrected chi connectivity index (χ4v) is 2.73. The van der Waals surface area contributed by atoms with Crippen molar-refractivity contribution in [2.24, 2.45) is 5.92 Å². The molecule has 0 radical (unpaired) electrons. The van der Waals surface area contributed by atoms with Crippen LogP contribution < -0.4 is 5.32 Å². The summed E-state index contributed by atoms with van der Waals surface area (Å²) >= 11 is 2.09. The number of aryl methyl sites for hydroxylation is 1. The average molecular weight is 236 g/mol. The quantitative estimate of drug-likeness (QED) is 0.737. The van der Waals surface area contributed by atoms with Gasteiger partial charge in [0.25, 0.3) is 0 Å². The summed E-state index contributed by atoms with van der Waals surface area (Å²) in [6.45, 7) is 4.12. The van der Waals surface area contributed by atoms with E-state index in [0.29, 0.717) is 0 Å². The number of hydrogen-bond donors (Lipinski definition) is 1. The Hall–Kier alpha value is -0.540. The summed E-state index contributed by atoms with van der Waals surface area (Å²) in [5, 5.41) is 3.48. The molecule has 88 valence electrons. The SMILES string of the molecule is Cc1ncccc1CNCCSCC1CC1. The summed E-state index contributed by atoms with van der Waals surface area (Å²) in [5.74, 6) is 3.65. The van der Waals surface area contributed by atoms with Gasteiger partial charge in [-0.2, -0.15) is 11.8 Å². The van der Waals surface area contributed by atoms with E-state index in [9.17, 15) is 0 Å². The second-order valence-corrected chi connectivity index (χ2v) is 5.59. The van der Waals surface area contributed by atoms with E-state index in [2.05, 4.69) is 35.1 Å². The summed E-state index contributed by atoms with van der Waals surface area (Å²) in [5.41, 5.74) is 2.45. The maximum Gasteiger partial charge on any atom is 0.0417 e. The van der Waals surface area contributed by atoms with Crippen molar-refractivity contribution in [1.82, 2.24) is 10.3 Å². The zero-order chi connectivity index (χ0) is 11.2. The van der Waals surface area contributed by atoms with E-state index in [0.717, 1.165) is 24.7 Å². The van der Waals surface area contributed by atoms with Crippen molar-refractivity contribution < 1.29 is 0 Å². The molecule has 2 rings (SSSR count). The number of hydrogen-bond acceptors (Lipinski definition) is 3. The van der Waals surface area contributed by atoms with Gasteiger partial charge < -0.3 is 5.32 Å². The van der Waals surface area contributed by atoms with Gasteiger partial charge in [0.05, 0.1) is 0 Å². The van der Waals surface area contributed by atoms with E-state index in [4.69, 9.17) is 0 Å². The molecule has 0 spiro atoms. The minimum Gasteiger partial charge on any atom is -0.312 e. The molecule has 1 N–H and O–H groups in total. The Morgan fingerprint density at radius 3 is 3.12 bits per heavy atom. The number of pyridine rings is 1. The van der Waals surface area contributed by atoms with Gasteiger partial charge in [0.2, 0.25) is 0 Å². The van der Waals surface area contributed by atoms with Crippen molar-refractivity contribution in [2.45, 2.75) is 26.3 Å². The minimum atomic E-state index is 0.948. The average Bonchev–Trinajstić information content (AvgIpc) is 3.09. The highest BCUT2D eigenvalue weighted by molar-refractivity contribution is 7.99. The number of aromatic nitrogens is 1. The second-order valence-electron chi connectivity index (χ2n) is 4.44. The largest absolute Gasteiger partial charge is 0.312 e. The first-order valence-electron chi connectivity index (χ1n) is 6.05. The third-order valence-corrected chi connectivity index (χ3v) is 4.11. The lowest BCUT2D eigenvalue weighted by atomic mass is 10.2. The molecule has 1 aliphatic rings. The third kappa shape index (κ3) is 4.14. The highest BCUT2D eigenvalue weighted by Gasteiger charge is 2.20. The molecule has 0 atom stereocenters. The smallest absolute Gasteiger partial charge is 0.0417 e. The molecule has 2 nitrogen and oxygen atoms in total. The molecule has 0 aromatic carbocycles. The minimum absolute atomic E-state index is 0.948. The van der Waals surface area contributed by atoms with Crippen LogP contribution in [0.3, 0.4) is 0 Å². The lowest BCUT2D eigenvalue weighted by Gasteiger charge is -2.06. The molecule has 0 aliphatic heterocycles. The fourth-order valence-electron chi connectivity index (χ4n) is 1.61. The summed E-state index contributed by atoms with van der Waals surface area (Å²) in [7, 11) is 0. The van der Waals surface area contributed by atoms with Gasteiger partial charge in [-0.05, 0) is 43.1 Å². The number of thioether (sulfide) groups is 1. The van der Waals surface area contributed by atoms with Crippen molar-refractivity contribution >= 4 is 11.8 Å². The molecule has 1 heterocycles. The van der Waals surface area contributed by atoms with Gasteiger partial charge in [-0.3, -0.25) is 4.98 Å².